The molecule has 0 aliphatic carbocycles. The number of H-pyrrole nitrogens is 1. The number of rotatable bonds is 6. The number of amides is 2. The number of nitrogens with one attached hydrogen (secondary N) is 2. The van der Waals surface area contributed by atoms with Crippen molar-refractivity contribution in [3.05, 3.63) is 51.4 Å². The Morgan fingerprint density at radius 3 is 2.75 bits per heavy atom. The molecule has 0 atom stereocenters. The first kappa shape index (κ1) is 17.4. The van der Waals surface area contributed by atoms with E-state index in [-0.39, 0.29) is 39.8 Å². The predicted octanol–water partition coefficient (Wildman–Crippen LogP) is 1.15. The Morgan fingerprint density at radius 2 is 2.12 bits per heavy atom. The van der Waals surface area contributed by atoms with E-state index in [1.165, 1.54) is 37.7 Å². The van der Waals surface area contributed by atoms with E-state index in [1.54, 1.807) is 0 Å². The van der Waals surface area contributed by atoms with E-state index in [4.69, 9.17) is 26.8 Å². The van der Waals surface area contributed by atoms with Gasteiger partial charge in [0.15, 0.2) is 18.1 Å². The SMILES string of the molecule is COc1cc(C(=O)Nc2c[nH]ccc2=O)cc(Cl)c1OCC(N)=O. The summed E-state index contributed by atoms with van der Waals surface area (Å²) in [5.74, 6) is -1.01. The van der Waals surface area contributed by atoms with Crippen LogP contribution in [-0.4, -0.2) is 30.5 Å². The molecule has 126 valence electrons. The zero-order valence-electron chi connectivity index (χ0n) is 12.6. The third kappa shape index (κ3) is 4.05. The van der Waals surface area contributed by atoms with Gasteiger partial charge in [-0.1, -0.05) is 11.6 Å². The van der Waals surface area contributed by atoms with Crippen LogP contribution in [0.5, 0.6) is 11.5 Å². The number of methoxy groups -OCH3 is 1. The normalized spacial score (nSPS) is 10.1. The van der Waals surface area contributed by atoms with Crippen molar-refractivity contribution in [2.24, 2.45) is 5.73 Å². The molecule has 0 aliphatic rings. The average Bonchev–Trinajstić information content (AvgIpc) is 2.54. The number of ether oxygens (including phenoxy) is 2. The number of aromatic amines is 1. The second-order valence-electron chi connectivity index (χ2n) is 4.62. The fraction of sp³-hybridized carbons (Fsp3) is 0.133. The van der Waals surface area contributed by atoms with Crippen LogP contribution in [0.1, 0.15) is 10.4 Å². The topological polar surface area (TPSA) is 124 Å². The fourth-order valence-electron chi connectivity index (χ4n) is 1.84. The molecule has 4 N–H and O–H groups in total. The van der Waals surface area contributed by atoms with E-state index < -0.39 is 11.8 Å². The molecular weight excluding hydrogens is 338 g/mol. The summed E-state index contributed by atoms with van der Waals surface area (Å²) < 4.78 is 10.3. The van der Waals surface area contributed by atoms with E-state index in [1.807, 2.05) is 0 Å². The van der Waals surface area contributed by atoms with Gasteiger partial charge in [0.25, 0.3) is 11.8 Å². The second-order valence-corrected chi connectivity index (χ2v) is 5.03. The number of hydrogen-bond donors (Lipinski definition) is 3. The van der Waals surface area contributed by atoms with Gasteiger partial charge >= 0.3 is 0 Å². The number of benzene rings is 1. The summed E-state index contributed by atoms with van der Waals surface area (Å²) in [5, 5.41) is 2.52. The zero-order chi connectivity index (χ0) is 17.7. The maximum absolute atomic E-state index is 12.3. The minimum absolute atomic E-state index is 0.0581. The van der Waals surface area contributed by atoms with Crippen LogP contribution < -0.4 is 26.0 Å². The molecule has 1 heterocycles. The van der Waals surface area contributed by atoms with Gasteiger partial charge in [-0.2, -0.15) is 0 Å². The summed E-state index contributed by atoms with van der Waals surface area (Å²) >= 11 is 6.07. The Balaban J connectivity index is 2.29. The molecule has 0 fully saturated rings. The first-order valence-corrected chi connectivity index (χ1v) is 7.07. The summed E-state index contributed by atoms with van der Waals surface area (Å²) in [6.07, 6.45) is 2.81. The molecule has 0 spiro atoms. The lowest BCUT2D eigenvalue weighted by atomic mass is 10.2. The number of aromatic nitrogens is 1. The van der Waals surface area contributed by atoms with Crippen LogP contribution in [0.3, 0.4) is 0 Å². The van der Waals surface area contributed by atoms with Gasteiger partial charge in [0, 0.05) is 24.0 Å². The van der Waals surface area contributed by atoms with Gasteiger partial charge in [0.2, 0.25) is 5.43 Å². The molecule has 9 heteroatoms. The van der Waals surface area contributed by atoms with Crippen molar-refractivity contribution in [1.29, 1.82) is 0 Å². The lowest BCUT2D eigenvalue weighted by Crippen LogP contribution is -2.21. The number of halogens is 1. The lowest BCUT2D eigenvalue weighted by Gasteiger charge is -2.13. The largest absolute Gasteiger partial charge is 0.493 e. The molecular formula is C15H14ClN3O5. The van der Waals surface area contributed by atoms with E-state index in [9.17, 15) is 14.4 Å². The van der Waals surface area contributed by atoms with Gasteiger partial charge in [-0.05, 0) is 12.1 Å². The highest BCUT2D eigenvalue weighted by Gasteiger charge is 2.17. The molecule has 0 bridgehead atoms. The van der Waals surface area contributed by atoms with Crippen molar-refractivity contribution in [3.63, 3.8) is 0 Å². The number of anilines is 1. The smallest absolute Gasteiger partial charge is 0.256 e. The van der Waals surface area contributed by atoms with Crippen molar-refractivity contribution >= 4 is 29.1 Å². The number of hydrogen-bond acceptors (Lipinski definition) is 5. The van der Waals surface area contributed by atoms with Crippen molar-refractivity contribution in [2.75, 3.05) is 19.0 Å². The van der Waals surface area contributed by atoms with E-state index >= 15 is 0 Å². The van der Waals surface area contributed by atoms with Gasteiger partial charge in [0.1, 0.15) is 5.69 Å². The van der Waals surface area contributed by atoms with Crippen LogP contribution in [0.4, 0.5) is 5.69 Å². The van der Waals surface area contributed by atoms with Crippen LogP contribution in [0, 0.1) is 0 Å². The van der Waals surface area contributed by atoms with Crippen LogP contribution in [0.15, 0.2) is 35.4 Å². The van der Waals surface area contributed by atoms with E-state index in [0.717, 1.165) is 0 Å². The number of nitrogens with two attached hydrogens (primary N) is 1. The molecule has 1 aromatic heterocycles. The highest BCUT2D eigenvalue weighted by Crippen LogP contribution is 2.36. The third-order valence-corrected chi connectivity index (χ3v) is 3.20. The quantitative estimate of drug-likeness (QED) is 0.720. The average molecular weight is 352 g/mol. The van der Waals surface area contributed by atoms with Gasteiger partial charge in [-0.15, -0.1) is 0 Å². The molecule has 0 saturated carbocycles. The van der Waals surface area contributed by atoms with Crippen molar-refractivity contribution < 1.29 is 19.1 Å². The Morgan fingerprint density at radius 1 is 1.38 bits per heavy atom. The first-order valence-electron chi connectivity index (χ1n) is 6.69. The monoisotopic (exact) mass is 351 g/mol. The number of primary amides is 1. The standard InChI is InChI=1S/C15H14ClN3O5/c1-23-12-5-8(4-9(16)14(12)24-7-13(17)21)15(22)19-10-6-18-3-2-11(10)20/h2-6H,7H2,1H3,(H2,17,21)(H,18,20)(H,19,22). The molecule has 2 amide bonds. The zero-order valence-corrected chi connectivity index (χ0v) is 13.3. The Hall–Kier alpha value is -3.00. The summed E-state index contributed by atoms with van der Waals surface area (Å²) in [6, 6.07) is 3.98. The molecule has 0 aliphatic heterocycles. The summed E-state index contributed by atoms with van der Waals surface area (Å²) in [5.41, 5.74) is 4.90. The number of carbonyl (C=O) groups excluding carboxylic acids is 2. The van der Waals surface area contributed by atoms with Crippen molar-refractivity contribution in [3.8, 4) is 11.5 Å². The third-order valence-electron chi connectivity index (χ3n) is 2.92. The first-order chi connectivity index (χ1) is 11.4. The van der Waals surface area contributed by atoms with Crippen molar-refractivity contribution in [1.82, 2.24) is 4.98 Å². The molecule has 1 aromatic carbocycles. The highest BCUT2D eigenvalue weighted by atomic mass is 35.5. The maximum Gasteiger partial charge on any atom is 0.256 e. The minimum Gasteiger partial charge on any atom is -0.493 e. The molecule has 0 radical (unpaired) electrons. The van der Waals surface area contributed by atoms with E-state index in [2.05, 4.69) is 10.3 Å². The summed E-state index contributed by atoms with van der Waals surface area (Å²) in [7, 11) is 1.35. The Labute approximate surface area is 141 Å². The lowest BCUT2D eigenvalue weighted by molar-refractivity contribution is -0.119. The number of carbonyl (C=O) groups is 2. The Bertz CT molecular complexity index is 834. The maximum atomic E-state index is 12.3. The van der Waals surface area contributed by atoms with Crippen LogP contribution in [-0.2, 0) is 4.79 Å². The molecule has 8 nitrogen and oxygen atoms in total. The van der Waals surface area contributed by atoms with E-state index in [0.29, 0.717) is 0 Å². The summed E-state index contributed by atoms with van der Waals surface area (Å²) in [6.45, 7) is -0.388. The minimum atomic E-state index is -0.682. The number of pyridine rings is 1. The molecule has 2 rings (SSSR count). The molecule has 0 saturated heterocycles. The molecule has 0 unspecified atom stereocenters. The van der Waals surface area contributed by atoms with Crippen LogP contribution in [0.25, 0.3) is 0 Å². The predicted molar refractivity (Wildman–Crippen MR) is 87.7 cm³/mol. The highest BCUT2D eigenvalue weighted by molar-refractivity contribution is 6.32. The Kier molecular flexibility index (Phi) is 5.43. The second kappa shape index (κ2) is 7.51. The van der Waals surface area contributed by atoms with Gasteiger partial charge in [0.05, 0.1) is 12.1 Å². The fourth-order valence-corrected chi connectivity index (χ4v) is 2.11. The van der Waals surface area contributed by atoms with Crippen LogP contribution >= 0.6 is 11.6 Å². The summed E-state index contributed by atoms with van der Waals surface area (Å²) in [4.78, 5) is 37.4. The van der Waals surface area contributed by atoms with Crippen LogP contribution in [0.2, 0.25) is 5.02 Å². The van der Waals surface area contributed by atoms with Crippen molar-refractivity contribution in [2.45, 2.75) is 0 Å². The molecule has 24 heavy (non-hydrogen) atoms. The van der Waals surface area contributed by atoms with Gasteiger partial charge in [-0.3, -0.25) is 14.4 Å². The van der Waals surface area contributed by atoms with Gasteiger partial charge in [-0.25, -0.2) is 0 Å². The molecule has 2 aromatic rings. The van der Waals surface area contributed by atoms with Gasteiger partial charge < -0.3 is 25.5 Å².